The van der Waals surface area contributed by atoms with E-state index in [4.69, 9.17) is 14.5 Å². The normalized spacial score (nSPS) is 16.4. The third-order valence-corrected chi connectivity index (χ3v) is 6.56. The summed E-state index contributed by atoms with van der Waals surface area (Å²) >= 11 is 1.45. The zero-order chi connectivity index (χ0) is 23.2. The van der Waals surface area contributed by atoms with Gasteiger partial charge in [0.05, 0.1) is 18.9 Å². The summed E-state index contributed by atoms with van der Waals surface area (Å²) in [5, 5.41) is 5.69. The zero-order valence-electron chi connectivity index (χ0n) is 18.8. The van der Waals surface area contributed by atoms with Gasteiger partial charge in [-0.2, -0.15) is 0 Å². The molecule has 174 valence electrons. The number of anilines is 2. The van der Waals surface area contributed by atoms with Crippen LogP contribution in [0.1, 0.15) is 26.2 Å². The maximum absolute atomic E-state index is 13.4. The number of benzene rings is 2. The van der Waals surface area contributed by atoms with Crippen molar-refractivity contribution >= 4 is 28.1 Å². The van der Waals surface area contributed by atoms with Crippen LogP contribution in [0.5, 0.6) is 5.75 Å². The number of thiazole rings is 1. The fourth-order valence-corrected chi connectivity index (χ4v) is 4.82. The number of amides is 1. The van der Waals surface area contributed by atoms with Crippen LogP contribution in [0, 0.1) is 5.82 Å². The van der Waals surface area contributed by atoms with Crippen LogP contribution in [-0.4, -0.2) is 43.3 Å². The van der Waals surface area contributed by atoms with E-state index < -0.39 is 6.04 Å². The van der Waals surface area contributed by atoms with Crippen LogP contribution in [0.4, 0.5) is 15.2 Å². The number of carbonyl (C=O) groups is 1. The molecular formula is C25H28FN3O3S. The molecule has 8 heteroatoms. The number of nitrogens with zero attached hydrogens (tertiary/aromatic N) is 2. The lowest BCUT2D eigenvalue weighted by Crippen LogP contribution is -2.46. The highest BCUT2D eigenvalue weighted by atomic mass is 32.1. The van der Waals surface area contributed by atoms with Gasteiger partial charge < -0.3 is 19.7 Å². The summed E-state index contributed by atoms with van der Waals surface area (Å²) in [6, 6.07) is 13.4. The lowest BCUT2D eigenvalue weighted by molar-refractivity contribution is -0.122. The average molecular weight is 470 g/mol. The van der Waals surface area contributed by atoms with E-state index in [-0.39, 0.29) is 17.8 Å². The predicted octanol–water partition coefficient (Wildman–Crippen LogP) is 5.17. The van der Waals surface area contributed by atoms with E-state index in [0.717, 1.165) is 42.1 Å². The van der Waals surface area contributed by atoms with E-state index in [2.05, 4.69) is 5.32 Å². The van der Waals surface area contributed by atoms with Gasteiger partial charge >= 0.3 is 0 Å². The van der Waals surface area contributed by atoms with Crippen molar-refractivity contribution in [2.75, 3.05) is 25.2 Å². The molecule has 1 amide bonds. The van der Waals surface area contributed by atoms with Crippen molar-refractivity contribution in [3.63, 3.8) is 0 Å². The van der Waals surface area contributed by atoms with Gasteiger partial charge in [0.25, 0.3) is 0 Å². The molecule has 0 saturated carbocycles. The van der Waals surface area contributed by atoms with Gasteiger partial charge in [-0.15, -0.1) is 11.3 Å². The third-order valence-electron chi connectivity index (χ3n) is 5.72. The zero-order valence-corrected chi connectivity index (χ0v) is 19.6. The fraction of sp³-hybridized carbons (Fsp3) is 0.360. The van der Waals surface area contributed by atoms with Crippen LogP contribution in [0.3, 0.4) is 0 Å². The Kier molecular flexibility index (Phi) is 7.57. The van der Waals surface area contributed by atoms with Crippen molar-refractivity contribution in [1.82, 2.24) is 10.3 Å². The average Bonchev–Trinajstić information content (AvgIpc) is 3.54. The second kappa shape index (κ2) is 10.8. The van der Waals surface area contributed by atoms with E-state index >= 15 is 0 Å². The van der Waals surface area contributed by atoms with E-state index in [1.165, 1.54) is 23.5 Å². The maximum atomic E-state index is 13.4. The molecule has 2 heterocycles. The first-order chi connectivity index (χ1) is 16.1. The maximum Gasteiger partial charge on any atom is 0.243 e. The van der Waals surface area contributed by atoms with Crippen LogP contribution < -0.4 is 15.0 Å². The van der Waals surface area contributed by atoms with Gasteiger partial charge in [-0.1, -0.05) is 6.92 Å². The van der Waals surface area contributed by atoms with Crippen LogP contribution >= 0.6 is 11.3 Å². The van der Waals surface area contributed by atoms with E-state index in [1.807, 2.05) is 41.5 Å². The number of carbonyl (C=O) groups excluding carboxylic acids is 1. The van der Waals surface area contributed by atoms with Gasteiger partial charge in [0, 0.05) is 29.8 Å². The van der Waals surface area contributed by atoms with Gasteiger partial charge in [-0.05, 0) is 67.8 Å². The highest BCUT2D eigenvalue weighted by Gasteiger charge is 2.29. The molecule has 0 bridgehead atoms. The Balaban J connectivity index is 1.63. The molecule has 0 radical (unpaired) electrons. The molecule has 3 aromatic rings. The van der Waals surface area contributed by atoms with Gasteiger partial charge in [-0.3, -0.25) is 4.79 Å². The Morgan fingerprint density at radius 3 is 2.67 bits per heavy atom. The topological polar surface area (TPSA) is 63.7 Å². The molecule has 2 aromatic carbocycles. The van der Waals surface area contributed by atoms with Gasteiger partial charge in [0.15, 0.2) is 5.13 Å². The summed E-state index contributed by atoms with van der Waals surface area (Å²) < 4.78 is 24.3. The first-order valence-corrected chi connectivity index (χ1v) is 12.0. The molecule has 1 aliphatic rings. The van der Waals surface area contributed by atoms with Gasteiger partial charge in [0.1, 0.15) is 17.6 Å². The number of methoxy groups -OCH3 is 1. The molecule has 1 fully saturated rings. The number of ether oxygens (including phenoxy) is 2. The number of hydrogen-bond acceptors (Lipinski definition) is 6. The second-order valence-corrected chi connectivity index (χ2v) is 8.73. The van der Waals surface area contributed by atoms with Crippen molar-refractivity contribution in [3.8, 4) is 17.0 Å². The third kappa shape index (κ3) is 5.51. The number of hydrogen-bond donors (Lipinski definition) is 1. The lowest BCUT2D eigenvalue weighted by Gasteiger charge is -2.30. The highest BCUT2D eigenvalue weighted by Crippen LogP contribution is 2.35. The standard InChI is InChI=1S/C25H28FN3O3S/c1-3-23(24(30)27-15-21-5-4-14-32-21)29(19-10-12-20(31-2)13-11-19)25-28-22(16-33-25)17-6-8-18(26)9-7-17/h6-13,16,21,23H,3-5,14-15H2,1-2H3,(H,27,30)/t21-,23-/m1/s1. The fourth-order valence-electron chi connectivity index (χ4n) is 3.92. The van der Waals surface area contributed by atoms with Crippen molar-refractivity contribution < 1.29 is 18.7 Å². The molecule has 2 atom stereocenters. The molecule has 0 unspecified atom stereocenters. The van der Waals surface area contributed by atoms with E-state index in [0.29, 0.717) is 18.1 Å². The monoisotopic (exact) mass is 469 g/mol. The first-order valence-electron chi connectivity index (χ1n) is 11.1. The van der Waals surface area contributed by atoms with E-state index in [9.17, 15) is 9.18 Å². The molecule has 33 heavy (non-hydrogen) atoms. The Hall–Kier alpha value is -2.97. The van der Waals surface area contributed by atoms with Crippen molar-refractivity contribution in [1.29, 1.82) is 0 Å². The number of rotatable bonds is 9. The molecule has 1 saturated heterocycles. The minimum Gasteiger partial charge on any atom is -0.497 e. The van der Waals surface area contributed by atoms with Crippen LogP contribution in [0.2, 0.25) is 0 Å². The van der Waals surface area contributed by atoms with Crippen LogP contribution in [0.15, 0.2) is 53.9 Å². The largest absolute Gasteiger partial charge is 0.497 e. The van der Waals surface area contributed by atoms with Crippen LogP contribution in [-0.2, 0) is 9.53 Å². The molecule has 0 spiro atoms. The molecule has 0 aliphatic carbocycles. The molecule has 1 aliphatic heterocycles. The summed E-state index contributed by atoms with van der Waals surface area (Å²) in [6.45, 7) is 3.24. The Labute approximate surface area is 197 Å². The van der Waals surface area contributed by atoms with Gasteiger partial charge in [-0.25, -0.2) is 9.37 Å². The molecule has 6 nitrogen and oxygen atoms in total. The molecule has 1 aromatic heterocycles. The van der Waals surface area contributed by atoms with Crippen molar-refractivity contribution in [3.05, 3.63) is 59.7 Å². The predicted molar refractivity (Wildman–Crippen MR) is 129 cm³/mol. The summed E-state index contributed by atoms with van der Waals surface area (Å²) in [5.41, 5.74) is 2.41. The lowest BCUT2D eigenvalue weighted by atomic mass is 10.1. The Morgan fingerprint density at radius 2 is 2.03 bits per heavy atom. The Morgan fingerprint density at radius 1 is 1.27 bits per heavy atom. The first kappa shape index (κ1) is 23.2. The smallest absolute Gasteiger partial charge is 0.243 e. The van der Waals surface area contributed by atoms with E-state index in [1.54, 1.807) is 19.2 Å². The van der Waals surface area contributed by atoms with Crippen molar-refractivity contribution in [2.45, 2.75) is 38.3 Å². The summed E-state index contributed by atoms with van der Waals surface area (Å²) in [5.74, 6) is 0.381. The number of aromatic nitrogens is 1. The molecule has 1 N–H and O–H groups in total. The second-order valence-electron chi connectivity index (χ2n) is 7.89. The molecule has 4 rings (SSSR count). The highest BCUT2D eigenvalue weighted by molar-refractivity contribution is 7.14. The number of nitrogens with one attached hydrogen (secondary N) is 1. The summed E-state index contributed by atoms with van der Waals surface area (Å²) in [4.78, 5) is 20.0. The number of halogens is 1. The van der Waals surface area contributed by atoms with Crippen LogP contribution in [0.25, 0.3) is 11.3 Å². The minimum atomic E-state index is -0.452. The molecular weight excluding hydrogens is 441 g/mol. The minimum absolute atomic E-state index is 0.0673. The Bertz CT molecular complexity index is 1050. The van der Waals surface area contributed by atoms with Gasteiger partial charge in [0.2, 0.25) is 5.91 Å². The van der Waals surface area contributed by atoms with Crippen molar-refractivity contribution in [2.24, 2.45) is 0 Å². The quantitative estimate of drug-likeness (QED) is 0.468. The SMILES string of the molecule is CC[C@H](C(=O)NC[C@H]1CCCO1)N(c1ccc(OC)cc1)c1nc(-c2ccc(F)cc2)cs1. The summed E-state index contributed by atoms with van der Waals surface area (Å²) in [7, 11) is 1.62. The summed E-state index contributed by atoms with van der Waals surface area (Å²) in [6.07, 6.45) is 2.66.